The number of aromatic nitrogens is 1. The van der Waals surface area contributed by atoms with Crippen LogP contribution in [-0.2, 0) is 0 Å². The zero-order valence-corrected chi connectivity index (χ0v) is 9.44. The highest BCUT2D eigenvalue weighted by molar-refractivity contribution is 7.99. The van der Waals surface area contributed by atoms with Gasteiger partial charge >= 0.3 is 10.9 Å². The molecule has 0 saturated heterocycles. The summed E-state index contributed by atoms with van der Waals surface area (Å²) >= 11 is 6.52. The molecular weight excluding hydrogens is 226 g/mol. The molecule has 0 N–H and O–H groups in total. The molecule has 1 heterocycles. The van der Waals surface area contributed by atoms with Crippen LogP contribution in [0.2, 0.25) is 0 Å². The Hall–Kier alpha value is -0.680. The Kier molecular flexibility index (Phi) is 3.83. The van der Waals surface area contributed by atoms with Crippen LogP contribution in [0.3, 0.4) is 0 Å². The molecule has 0 bridgehead atoms. The van der Waals surface area contributed by atoms with Gasteiger partial charge in [-0.25, -0.2) is 0 Å². The standard InChI is InChI=1S/C8H10ClNO3S/c1-3-4-14-6-5(2)13-10(7(6)11)8(9)12/h3-4H2,1-2H3. The van der Waals surface area contributed by atoms with Gasteiger partial charge in [0.25, 0.3) is 0 Å². The van der Waals surface area contributed by atoms with E-state index in [1.54, 1.807) is 6.92 Å². The average molecular weight is 236 g/mol. The van der Waals surface area contributed by atoms with Crippen LogP contribution in [0.15, 0.2) is 14.2 Å². The minimum Gasteiger partial charge on any atom is -0.371 e. The second-order valence-corrected chi connectivity index (χ2v) is 4.11. The van der Waals surface area contributed by atoms with E-state index in [0.717, 1.165) is 12.2 Å². The Balaban J connectivity index is 3.06. The van der Waals surface area contributed by atoms with Gasteiger partial charge in [0.15, 0.2) is 0 Å². The summed E-state index contributed by atoms with van der Waals surface area (Å²) in [5.74, 6) is 1.24. The summed E-state index contributed by atoms with van der Waals surface area (Å²) in [6.45, 7) is 3.64. The van der Waals surface area contributed by atoms with Crippen LogP contribution in [0.1, 0.15) is 19.1 Å². The van der Waals surface area contributed by atoms with Crippen molar-refractivity contribution in [3.63, 3.8) is 0 Å². The predicted molar refractivity (Wildman–Crippen MR) is 55.4 cm³/mol. The smallest absolute Gasteiger partial charge is 0.357 e. The number of halogens is 1. The number of hydrogen-bond donors (Lipinski definition) is 0. The largest absolute Gasteiger partial charge is 0.371 e. The highest BCUT2D eigenvalue weighted by Gasteiger charge is 2.17. The second-order valence-electron chi connectivity index (χ2n) is 2.68. The van der Waals surface area contributed by atoms with Gasteiger partial charge in [-0.15, -0.1) is 11.8 Å². The van der Waals surface area contributed by atoms with E-state index in [9.17, 15) is 9.59 Å². The molecule has 1 aromatic rings. The topological polar surface area (TPSA) is 52.2 Å². The molecule has 0 saturated carbocycles. The van der Waals surface area contributed by atoms with Crippen LogP contribution >= 0.6 is 23.4 Å². The first-order valence-corrected chi connectivity index (χ1v) is 5.49. The number of aryl methyl sites for hydroxylation is 1. The summed E-state index contributed by atoms with van der Waals surface area (Å²) in [6.07, 6.45) is 0.948. The lowest BCUT2D eigenvalue weighted by atomic mass is 10.5. The number of carbonyl (C=O) groups is 1. The van der Waals surface area contributed by atoms with Gasteiger partial charge in [-0.05, 0) is 30.7 Å². The van der Waals surface area contributed by atoms with Crippen molar-refractivity contribution < 1.29 is 9.32 Å². The first-order valence-electron chi connectivity index (χ1n) is 4.13. The zero-order valence-electron chi connectivity index (χ0n) is 7.87. The van der Waals surface area contributed by atoms with E-state index in [4.69, 9.17) is 16.1 Å². The number of rotatable bonds is 3. The summed E-state index contributed by atoms with van der Waals surface area (Å²) in [4.78, 5) is 22.7. The lowest BCUT2D eigenvalue weighted by Crippen LogP contribution is -2.18. The minimum atomic E-state index is -0.915. The van der Waals surface area contributed by atoms with Crippen molar-refractivity contribution in [1.82, 2.24) is 4.74 Å². The van der Waals surface area contributed by atoms with E-state index in [1.807, 2.05) is 6.92 Å². The van der Waals surface area contributed by atoms with Crippen LogP contribution in [0.25, 0.3) is 0 Å². The molecule has 0 aromatic carbocycles. The first kappa shape index (κ1) is 11.4. The molecule has 0 amide bonds. The fourth-order valence-corrected chi connectivity index (χ4v) is 1.91. The molecule has 0 aliphatic rings. The summed E-state index contributed by atoms with van der Waals surface area (Å²) in [5.41, 5.74) is -0.471. The van der Waals surface area contributed by atoms with E-state index < -0.39 is 10.9 Å². The third kappa shape index (κ3) is 2.22. The monoisotopic (exact) mass is 235 g/mol. The van der Waals surface area contributed by atoms with Gasteiger partial charge in [0.2, 0.25) is 0 Å². The molecule has 0 spiro atoms. The van der Waals surface area contributed by atoms with Gasteiger partial charge in [0.05, 0.1) is 0 Å². The van der Waals surface area contributed by atoms with Gasteiger partial charge in [-0.3, -0.25) is 9.59 Å². The summed E-state index contributed by atoms with van der Waals surface area (Å²) < 4.78 is 5.47. The SMILES string of the molecule is CCCSc1c(C)on(C(=O)Cl)c1=O. The van der Waals surface area contributed by atoms with Crippen molar-refractivity contribution in [2.75, 3.05) is 5.75 Å². The van der Waals surface area contributed by atoms with E-state index in [-0.39, 0.29) is 0 Å². The molecule has 78 valence electrons. The first-order chi connectivity index (χ1) is 6.57. The molecule has 1 aromatic heterocycles. The summed E-state index contributed by atoms with van der Waals surface area (Å²) in [6, 6.07) is 0. The average Bonchev–Trinajstić information content (AvgIpc) is 2.40. The molecule has 4 nitrogen and oxygen atoms in total. The van der Waals surface area contributed by atoms with E-state index in [2.05, 4.69) is 0 Å². The number of nitrogens with zero attached hydrogens (tertiary/aromatic N) is 1. The van der Waals surface area contributed by atoms with Crippen LogP contribution in [0.4, 0.5) is 4.79 Å². The highest BCUT2D eigenvalue weighted by atomic mass is 35.5. The van der Waals surface area contributed by atoms with Crippen LogP contribution in [0.5, 0.6) is 0 Å². The summed E-state index contributed by atoms with van der Waals surface area (Å²) in [5, 5.41) is -0.915. The summed E-state index contributed by atoms with van der Waals surface area (Å²) in [7, 11) is 0. The number of hydrogen-bond acceptors (Lipinski definition) is 4. The molecule has 6 heteroatoms. The third-order valence-electron chi connectivity index (χ3n) is 1.54. The Bertz CT molecular complexity index is 396. The fourth-order valence-electron chi connectivity index (χ4n) is 0.946. The van der Waals surface area contributed by atoms with Crippen molar-refractivity contribution in [1.29, 1.82) is 0 Å². The highest BCUT2D eigenvalue weighted by Crippen LogP contribution is 2.19. The molecule has 0 atom stereocenters. The molecular formula is C8H10ClNO3S. The van der Waals surface area contributed by atoms with E-state index in [1.165, 1.54) is 11.8 Å². The number of thioether (sulfide) groups is 1. The molecule has 1 rings (SSSR count). The van der Waals surface area contributed by atoms with Crippen molar-refractivity contribution in [3.05, 3.63) is 16.1 Å². The molecule has 0 fully saturated rings. The number of carbonyl (C=O) groups excluding carboxylic acids is 1. The quantitative estimate of drug-likeness (QED) is 0.597. The Morgan fingerprint density at radius 3 is 2.71 bits per heavy atom. The zero-order chi connectivity index (χ0) is 10.7. The van der Waals surface area contributed by atoms with Crippen molar-refractivity contribution in [3.8, 4) is 0 Å². The Labute approximate surface area is 90.2 Å². The maximum absolute atomic E-state index is 11.5. The van der Waals surface area contributed by atoms with Crippen LogP contribution in [-0.4, -0.2) is 15.9 Å². The molecule has 0 radical (unpaired) electrons. The second kappa shape index (κ2) is 4.70. The maximum Gasteiger partial charge on any atom is 0.357 e. The van der Waals surface area contributed by atoms with Gasteiger partial charge < -0.3 is 4.52 Å². The molecule has 14 heavy (non-hydrogen) atoms. The normalized spacial score (nSPS) is 10.5. The van der Waals surface area contributed by atoms with Gasteiger partial charge in [0.1, 0.15) is 10.7 Å². The Morgan fingerprint density at radius 1 is 1.64 bits per heavy atom. The maximum atomic E-state index is 11.5. The third-order valence-corrected chi connectivity index (χ3v) is 3.05. The van der Waals surface area contributed by atoms with Gasteiger partial charge in [0, 0.05) is 0 Å². The van der Waals surface area contributed by atoms with Crippen molar-refractivity contribution >= 4 is 28.7 Å². The van der Waals surface area contributed by atoms with Gasteiger partial charge in [-0.1, -0.05) is 11.7 Å². The lowest BCUT2D eigenvalue weighted by Gasteiger charge is -1.91. The van der Waals surface area contributed by atoms with E-state index >= 15 is 0 Å². The van der Waals surface area contributed by atoms with E-state index in [0.29, 0.717) is 15.4 Å². The van der Waals surface area contributed by atoms with Crippen molar-refractivity contribution in [2.24, 2.45) is 0 Å². The minimum absolute atomic E-state index is 0.433. The Morgan fingerprint density at radius 2 is 2.29 bits per heavy atom. The fraction of sp³-hybridized carbons (Fsp3) is 0.500. The van der Waals surface area contributed by atoms with Gasteiger partial charge in [-0.2, -0.15) is 0 Å². The predicted octanol–water partition coefficient (Wildman–Crippen LogP) is 2.46. The lowest BCUT2D eigenvalue weighted by molar-refractivity contribution is 0.226. The van der Waals surface area contributed by atoms with Crippen molar-refractivity contribution in [2.45, 2.75) is 25.2 Å². The molecule has 0 aliphatic heterocycles. The molecule has 0 unspecified atom stereocenters. The molecule has 0 aliphatic carbocycles. The van der Waals surface area contributed by atoms with Crippen LogP contribution in [0, 0.1) is 6.92 Å². The van der Waals surface area contributed by atoms with Crippen LogP contribution < -0.4 is 5.56 Å².